The van der Waals surface area contributed by atoms with E-state index in [0.29, 0.717) is 6.07 Å². The normalized spacial score (nSPS) is 11.2. The monoisotopic (exact) mass is 269 g/mol. The quantitative estimate of drug-likeness (QED) is 0.796. The lowest BCUT2D eigenvalue weighted by Crippen LogP contribution is -2.23. The van der Waals surface area contributed by atoms with E-state index in [-0.39, 0.29) is 6.07 Å². The van der Waals surface area contributed by atoms with Crippen molar-refractivity contribution in [3.05, 3.63) is 29.6 Å². The molecule has 1 aromatic carbocycles. The Hall–Kier alpha value is -1.77. The molecule has 0 aliphatic heterocycles. The molecule has 0 atom stereocenters. The maximum absolute atomic E-state index is 13.0. The summed E-state index contributed by atoms with van der Waals surface area (Å²) in [5, 5.41) is 8.24. The first-order chi connectivity index (χ1) is 7.71. The summed E-state index contributed by atoms with van der Waals surface area (Å²) in [6.07, 6.45) is 0. The third-order valence-electron chi connectivity index (χ3n) is 1.57. The molecule has 0 amide bonds. The van der Waals surface area contributed by atoms with Crippen LogP contribution in [0.4, 0.5) is 18.9 Å². The van der Waals surface area contributed by atoms with Gasteiger partial charge in [0.1, 0.15) is 5.82 Å². The number of carboxylic acids is 1. The number of rotatable bonds is 4. The highest BCUT2D eigenvalue weighted by Gasteiger charge is 2.19. The molecule has 94 valence electrons. The molecule has 0 spiro atoms. The minimum atomic E-state index is -4.41. The number of hydrogen-bond donors (Lipinski definition) is 2. The van der Waals surface area contributed by atoms with Crippen molar-refractivity contribution in [2.24, 2.45) is 0 Å². The van der Waals surface area contributed by atoms with Gasteiger partial charge < -0.3 is 5.11 Å². The van der Waals surface area contributed by atoms with Crippen LogP contribution in [0.25, 0.3) is 0 Å². The van der Waals surface area contributed by atoms with Gasteiger partial charge in [-0.3, -0.25) is 9.52 Å². The molecule has 0 aliphatic carbocycles. The molecule has 0 aromatic heterocycles. The molecule has 0 bridgehead atoms. The van der Waals surface area contributed by atoms with Gasteiger partial charge in [0, 0.05) is 12.1 Å². The molecule has 0 aliphatic rings. The van der Waals surface area contributed by atoms with Gasteiger partial charge in [0.15, 0.2) is 17.4 Å². The molecule has 0 saturated heterocycles. The highest BCUT2D eigenvalue weighted by Crippen LogP contribution is 2.20. The van der Waals surface area contributed by atoms with E-state index >= 15 is 0 Å². The average Bonchev–Trinajstić information content (AvgIpc) is 2.10. The van der Waals surface area contributed by atoms with Crippen LogP contribution < -0.4 is 4.72 Å². The number of carbonyl (C=O) groups is 1. The van der Waals surface area contributed by atoms with E-state index in [9.17, 15) is 26.4 Å². The minimum absolute atomic E-state index is 0.227. The van der Waals surface area contributed by atoms with Crippen LogP contribution in [0.5, 0.6) is 0 Å². The van der Waals surface area contributed by atoms with E-state index in [2.05, 4.69) is 0 Å². The van der Waals surface area contributed by atoms with Crippen LogP contribution >= 0.6 is 0 Å². The lowest BCUT2D eigenvalue weighted by Gasteiger charge is -2.07. The van der Waals surface area contributed by atoms with Crippen LogP contribution in [0.15, 0.2) is 12.1 Å². The number of sulfonamides is 1. The van der Waals surface area contributed by atoms with Gasteiger partial charge in [-0.1, -0.05) is 0 Å². The Labute approximate surface area is 93.9 Å². The van der Waals surface area contributed by atoms with Crippen LogP contribution in [-0.2, 0) is 14.8 Å². The summed E-state index contributed by atoms with van der Waals surface area (Å²) in [4.78, 5) is 10.2. The van der Waals surface area contributed by atoms with Crippen LogP contribution in [0.1, 0.15) is 0 Å². The van der Waals surface area contributed by atoms with Gasteiger partial charge in [0.25, 0.3) is 0 Å². The van der Waals surface area contributed by atoms with E-state index in [1.165, 1.54) is 4.72 Å². The number of anilines is 1. The molecule has 0 heterocycles. The molecule has 5 nitrogen and oxygen atoms in total. The van der Waals surface area contributed by atoms with Gasteiger partial charge in [-0.2, -0.15) is 0 Å². The summed E-state index contributed by atoms with van der Waals surface area (Å²) in [6.45, 7) is 0. The first-order valence-corrected chi connectivity index (χ1v) is 5.73. The van der Waals surface area contributed by atoms with Gasteiger partial charge in [-0.25, -0.2) is 21.6 Å². The van der Waals surface area contributed by atoms with Crippen molar-refractivity contribution in [2.45, 2.75) is 0 Å². The van der Waals surface area contributed by atoms with Gasteiger partial charge in [0.2, 0.25) is 10.0 Å². The predicted octanol–water partition coefficient (Wildman–Crippen LogP) is 0.930. The van der Waals surface area contributed by atoms with Crippen molar-refractivity contribution in [1.29, 1.82) is 0 Å². The fourth-order valence-electron chi connectivity index (χ4n) is 0.996. The summed E-state index contributed by atoms with van der Waals surface area (Å²) in [5.41, 5.74) is -0.983. The van der Waals surface area contributed by atoms with Crippen molar-refractivity contribution in [3.63, 3.8) is 0 Å². The fourth-order valence-corrected chi connectivity index (χ4v) is 1.88. The van der Waals surface area contributed by atoms with Crippen molar-refractivity contribution in [1.82, 2.24) is 0 Å². The highest BCUT2D eigenvalue weighted by molar-refractivity contribution is 7.93. The Balaban J connectivity index is 3.08. The van der Waals surface area contributed by atoms with Crippen molar-refractivity contribution < 1.29 is 31.5 Å². The average molecular weight is 269 g/mol. The Kier molecular flexibility index (Phi) is 3.61. The third-order valence-corrected chi connectivity index (χ3v) is 2.73. The molecule has 9 heteroatoms. The van der Waals surface area contributed by atoms with Crippen LogP contribution in [0.2, 0.25) is 0 Å². The maximum atomic E-state index is 13.0. The van der Waals surface area contributed by atoms with Gasteiger partial charge >= 0.3 is 5.97 Å². The summed E-state index contributed by atoms with van der Waals surface area (Å²) < 4.78 is 62.0. The second-order valence-corrected chi connectivity index (χ2v) is 4.73. The summed E-state index contributed by atoms with van der Waals surface area (Å²) >= 11 is 0. The Morgan fingerprint density at radius 1 is 1.29 bits per heavy atom. The molecule has 0 radical (unpaired) electrons. The SMILES string of the molecule is O=C(O)CS(=O)(=O)Nc1cc(F)cc(F)c1F. The van der Waals surface area contributed by atoms with E-state index in [0.717, 1.165) is 0 Å². The molecule has 17 heavy (non-hydrogen) atoms. The van der Waals surface area contributed by atoms with E-state index < -0.39 is 44.9 Å². The molecule has 1 aromatic rings. The molecule has 1 rings (SSSR count). The molecule has 0 saturated carbocycles. The number of aliphatic carboxylic acids is 1. The van der Waals surface area contributed by atoms with Gasteiger partial charge in [-0.05, 0) is 0 Å². The van der Waals surface area contributed by atoms with Gasteiger partial charge in [-0.15, -0.1) is 0 Å². The zero-order valence-electron chi connectivity index (χ0n) is 8.08. The first-order valence-electron chi connectivity index (χ1n) is 4.08. The lowest BCUT2D eigenvalue weighted by atomic mass is 10.3. The Morgan fingerprint density at radius 2 is 1.88 bits per heavy atom. The van der Waals surface area contributed by atoms with E-state index in [1.807, 2.05) is 0 Å². The number of hydrogen-bond acceptors (Lipinski definition) is 3. The van der Waals surface area contributed by atoms with Crippen molar-refractivity contribution in [3.8, 4) is 0 Å². The number of carboxylic acid groups (broad SMARTS) is 1. The summed E-state index contributed by atoms with van der Waals surface area (Å²) in [5.74, 6) is -7.42. The van der Waals surface area contributed by atoms with Gasteiger partial charge in [0.05, 0.1) is 5.69 Å². The van der Waals surface area contributed by atoms with Crippen molar-refractivity contribution >= 4 is 21.7 Å². The molecular formula is C8H6F3NO4S. The third kappa shape index (κ3) is 3.63. The highest BCUT2D eigenvalue weighted by atomic mass is 32.2. The largest absolute Gasteiger partial charge is 0.480 e. The van der Waals surface area contributed by atoms with E-state index in [4.69, 9.17) is 5.11 Å². The second kappa shape index (κ2) is 4.62. The number of nitrogens with one attached hydrogen (secondary N) is 1. The van der Waals surface area contributed by atoms with Crippen LogP contribution in [0, 0.1) is 17.5 Å². The predicted molar refractivity (Wildman–Crippen MR) is 51.4 cm³/mol. The topological polar surface area (TPSA) is 83.5 Å². The fraction of sp³-hybridized carbons (Fsp3) is 0.125. The molecule has 0 unspecified atom stereocenters. The maximum Gasteiger partial charge on any atom is 0.320 e. The van der Waals surface area contributed by atoms with Crippen LogP contribution in [-0.4, -0.2) is 25.2 Å². The number of benzene rings is 1. The second-order valence-electron chi connectivity index (χ2n) is 3.00. The summed E-state index contributed by atoms with van der Waals surface area (Å²) in [6, 6.07) is 0.627. The lowest BCUT2D eigenvalue weighted by molar-refractivity contribution is -0.134. The van der Waals surface area contributed by atoms with Crippen LogP contribution in [0.3, 0.4) is 0 Å². The molecule has 2 N–H and O–H groups in total. The molecule has 0 fully saturated rings. The Morgan fingerprint density at radius 3 is 2.41 bits per heavy atom. The zero-order valence-corrected chi connectivity index (χ0v) is 8.89. The molecular weight excluding hydrogens is 263 g/mol. The van der Waals surface area contributed by atoms with Crippen molar-refractivity contribution in [2.75, 3.05) is 10.5 Å². The van der Waals surface area contributed by atoms with E-state index in [1.54, 1.807) is 0 Å². The number of halogens is 3. The summed E-state index contributed by atoms with van der Waals surface area (Å²) in [7, 11) is -4.41. The zero-order chi connectivity index (χ0) is 13.2. The Bertz CT molecular complexity index is 558. The standard InChI is InChI=1S/C8H6F3NO4S/c9-4-1-5(10)8(11)6(2-4)12-17(15,16)3-7(13)14/h1-2,12H,3H2,(H,13,14). The first kappa shape index (κ1) is 13.3. The minimum Gasteiger partial charge on any atom is -0.480 e. The smallest absolute Gasteiger partial charge is 0.320 e.